The first kappa shape index (κ1) is 27.5. The Bertz CT molecular complexity index is 1390. The number of anilines is 2. The molecule has 1 amide bonds. The summed E-state index contributed by atoms with van der Waals surface area (Å²) in [4.78, 5) is 33.9. The Hall–Kier alpha value is -3.09. The van der Waals surface area contributed by atoms with E-state index in [1.165, 1.54) is 4.70 Å². The predicted octanol–water partition coefficient (Wildman–Crippen LogP) is 4.80. The highest BCUT2D eigenvalue weighted by Crippen LogP contribution is 2.30. The van der Waals surface area contributed by atoms with Crippen LogP contribution in [0.1, 0.15) is 46.5 Å². The lowest BCUT2D eigenvalue weighted by Gasteiger charge is -2.33. The molecule has 0 radical (unpaired) electrons. The molecule has 6 heterocycles. The van der Waals surface area contributed by atoms with Crippen molar-refractivity contribution >= 4 is 60.8 Å². The summed E-state index contributed by atoms with van der Waals surface area (Å²) in [5.74, 6) is 2.08. The van der Waals surface area contributed by atoms with Gasteiger partial charge in [-0.1, -0.05) is 0 Å². The molecule has 0 aromatic carbocycles. The Morgan fingerprint density at radius 1 is 0.872 bits per heavy atom. The molecule has 2 aliphatic heterocycles. The van der Waals surface area contributed by atoms with Gasteiger partial charge < -0.3 is 25.6 Å². The third-order valence-corrected chi connectivity index (χ3v) is 8.60. The molecule has 2 fully saturated rings. The zero-order valence-electron chi connectivity index (χ0n) is 22.7. The zero-order chi connectivity index (χ0) is 27.4. The molecule has 0 aliphatic carbocycles. The van der Waals surface area contributed by atoms with E-state index in [4.69, 9.17) is 10.5 Å². The second kappa shape index (κ2) is 12.0. The first-order chi connectivity index (χ1) is 18.8. The topological polar surface area (TPSA) is 122 Å². The van der Waals surface area contributed by atoms with Gasteiger partial charge in [0, 0.05) is 38.3 Å². The van der Waals surface area contributed by atoms with Crippen LogP contribution in [0.25, 0.3) is 20.4 Å². The smallest absolute Gasteiger partial charge is 0.407 e. The van der Waals surface area contributed by atoms with Crippen LogP contribution in [0, 0.1) is 0 Å². The summed E-state index contributed by atoms with van der Waals surface area (Å²) in [6, 6.07) is 4.57. The summed E-state index contributed by atoms with van der Waals surface area (Å²) in [5, 5.41) is 7.07. The number of alkyl carbamates (subject to hydrolysis) is 1. The van der Waals surface area contributed by atoms with E-state index in [0.717, 1.165) is 79.2 Å². The van der Waals surface area contributed by atoms with E-state index >= 15 is 0 Å². The van der Waals surface area contributed by atoms with Gasteiger partial charge in [-0.2, -0.15) is 0 Å². The first-order valence-electron chi connectivity index (χ1n) is 13.4. The average molecular weight is 569 g/mol. The molecule has 10 nitrogen and oxygen atoms in total. The maximum absolute atomic E-state index is 11.9. The van der Waals surface area contributed by atoms with E-state index in [-0.39, 0.29) is 12.1 Å². The Balaban J connectivity index is 0.000000168. The molecule has 208 valence electrons. The minimum Gasteiger partial charge on any atom is -0.444 e. The van der Waals surface area contributed by atoms with Crippen molar-refractivity contribution in [3.8, 4) is 0 Å². The van der Waals surface area contributed by atoms with Gasteiger partial charge in [0.25, 0.3) is 0 Å². The van der Waals surface area contributed by atoms with E-state index in [9.17, 15) is 4.79 Å². The number of carbonyl (C=O) groups is 1. The molecular weight excluding hydrogens is 532 g/mol. The van der Waals surface area contributed by atoms with Crippen molar-refractivity contribution in [3.05, 3.63) is 35.5 Å². The van der Waals surface area contributed by atoms with Crippen LogP contribution in [0.5, 0.6) is 0 Å². The van der Waals surface area contributed by atoms with Crippen molar-refractivity contribution in [2.45, 2.75) is 64.1 Å². The fourth-order valence-corrected chi connectivity index (χ4v) is 6.55. The molecular formula is C27H36N8O2S2. The third-order valence-electron chi connectivity index (χ3n) is 6.80. The van der Waals surface area contributed by atoms with E-state index in [1.54, 1.807) is 35.3 Å². The second-order valence-corrected chi connectivity index (χ2v) is 12.7. The average Bonchev–Trinajstić information content (AvgIpc) is 3.58. The molecule has 6 rings (SSSR count). The molecule has 4 aromatic rings. The molecule has 39 heavy (non-hydrogen) atoms. The first-order valence-corrected chi connectivity index (χ1v) is 15.1. The Labute approximate surface area is 236 Å². The Morgan fingerprint density at radius 3 is 1.85 bits per heavy atom. The molecule has 12 heteroatoms. The van der Waals surface area contributed by atoms with E-state index in [2.05, 4.69) is 40.4 Å². The van der Waals surface area contributed by atoms with Crippen molar-refractivity contribution in [2.24, 2.45) is 5.73 Å². The quantitative estimate of drug-likeness (QED) is 0.359. The van der Waals surface area contributed by atoms with Gasteiger partial charge in [-0.3, -0.25) is 0 Å². The predicted molar refractivity (Wildman–Crippen MR) is 159 cm³/mol. The Morgan fingerprint density at radius 2 is 1.36 bits per heavy atom. The largest absolute Gasteiger partial charge is 0.444 e. The number of hydrogen-bond acceptors (Lipinski definition) is 11. The van der Waals surface area contributed by atoms with Gasteiger partial charge in [0.2, 0.25) is 0 Å². The van der Waals surface area contributed by atoms with E-state index in [1.807, 2.05) is 38.3 Å². The minimum absolute atomic E-state index is 0.154. The third kappa shape index (κ3) is 6.92. The number of carbonyl (C=O) groups excluding carboxylic acids is 1. The number of thiophene rings is 2. The van der Waals surface area contributed by atoms with Crippen LogP contribution in [0.15, 0.2) is 35.5 Å². The number of hydrogen-bond donors (Lipinski definition) is 2. The van der Waals surface area contributed by atoms with Gasteiger partial charge in [0.1, 0.15) is 29.9 Å². The number of rotatable bonds is 3. The lowest BCUT2D eigenvalue weighted by Crippen LogP contribution is -2.46. The van der Waals surface area contributed by atoms with E-state index < -0.39 is 5.60 Å². The molecule has 0 saturated carbocycles. The fourth-order valence-electron chi connectivity index (χ4n) is 4.82. The molecule has 3 N–H and O–H groups in total. The summed E-state index contributed by atoms with van der Waals surface area (Å²) in [6.07, 6.45) is 6.81. The minimum atomic E-state index is -0.462. The van der Waals surface area contributed by atoms with Crippen molar-refractivity contribution < 1.29 is 9.53 Å². The number of nitrogens with two attached hydrogens (primary N) is 1. The number of nitrogens with zero attached hydrogens (tertiary/aromatic N) is 6. The monoisotopic (exact) mass is 568 g/mol. The molecule has 0 spiro atoms. The van der Waals surface area contributed by atoms with Gasteiger partial charge in [-0.05, 0) is 69.3 Å². The highest BCUT2D eigenvalue weighted by Gasteiger charge is 2.25. The van der Waals surface area contributed by atoms with Gasteiger partial charge in [0.05, 0.1) is 20.4 Å². The molecule has 2 aliphatic rings. The van der Waals surface area contributed by atoms with Crippen molar-refractivity contribution in [3.63, 3.8) is 0 Å². The highest BCUT2D eigenvalue weighted by atomic mass is 32.1. The van der Waals surface area contributed by atoms with Crippen molar-refractivity contribution in [2.75, 3.05) is 36.0 Å². The number of ether oxygens (including phenoxy) is 1. The van der Waals surface area contributed by atoms with Crippen LogP contribution in [-0.4, -0.2) is 69.9 Å². The summed E-state index contributed by atoms with van der Waals surface area (Å²) in [5.41, 5.74) is 7.49. The fraction of sp³-hybridized carbons (Fsp3) is 0.519. The molecule has 2 saturated heterocycles. The lowest BCUT2D eigenvalue weighted by atomic mass is 10.1. The number of aromatic nitrogens is 4. The van der Waals surface area contributed by atoms with Crippen LogP contribution in [-0.2, 0) is 4.74 Å². The van der Waals surface area contributed by atoms with Crippen molar-refractivity contribution in [1.29, 1.82) is 0 Å². The summed E-state index contributed by atoms with van der Waals surface area (Å²) < 4.78 is 7.64. The Kier molecular flexibility index (Phi) is 8.43. The van der Waals surface area contributed by atoms with Crippen LogP contribution in [0.2, 0.25) is 0 Å². The summed E-state index contributed by atoms with van der Waals surface area (Å²) in [6.45, 7) is 9.36. The van der Waals surface area contributed by atoms with Crippen LogP contribution < -0.4 is 20.9 Å². The molecule has 4 aromatic heterocycles. The zero-order valence-corrected chi connectivity index (χ0v) is 24.3. The number of amides is 1. The van der Waals surface area contributed by atoms with Crippen molar-refractivity contribution in [1.82, 2.24) is 25.3 Å². The number of nitrogens with one attached hydrogen (secondary N) is 1. The van der Waals surface area contributed by atoms with Crippen LogP contribution >= 0.6 is 22.7 Å². The standard InChI is InChI=1S/C16H22N4O2S.C11H14N4S/c1-16(2,3)22-15(21)19-11-4-7-20(8-5-11)14-13-12(6-9-23-13)17-10-18-14;12-8-1-4-15(5-2-8)11-10-9(3-6-16-10)13-7-14-11/h6,9-11H,4-5,7-8H2,1-3H3,(H,19,21);3,6-8H,1-2,4-5,12H2. The number of fused-ring (bicyclic) bond motifs is 2. The van der Waals surface area contributed by atoms with Gasteiger partial charge in [-0.15, -0.1) is 22.7 Å². The summed E-state index contributed by atoms with van der Waals surface area (Å²) >= 11 is 3.38. The molecule has 0 atom stereocenters. The van der Waals surface area contributed by atoms with Crippen LogP contribution in [0.4, 0.5) is 16.4 Å². The lowest BCUT2D eigenvalue weighted by molar-refractivity contribution is 0.0497. The molecule has 0 bridgehead atoms. The SMILES string of the molecule is CC(C)(C)OC(=O)NC1CCN(c2ncnc3ccsc23)CC1.NC1CCN(c2ncnc3ccsc23)CC1. The van der Waals surface area contributed by atoms with Crippen LogP contribution in [0.3, 0.4) is 0 Å². The number of piperidine rings is 2. The maximum Gasteiger partial charge on any atom is 0.407 e. The molecule has 0 unspecified atom stereocenters. The second-order valence-electron chi connectivity index (χ2n) is 10.9. The normalized spacial score (nSPS) is 17.2. The highest BCUT2D eigenvalue weighted by molar-refractivity contribution is 7.18. The van der Waals surface area contributed by atoms with E-state index in [0.29, 0.717) is 6.04 Å². The van der Waals surface area contributed by atoms with Gasteiger partial charge in [0.15, 0.2) is 0 Å². The maximum atomic E-state index is 11.9. The van der Waals surface area contributed by atoms with Gasteiger partial charge in [-0.25, -0.2) is 24.7 Å². The summed E-state index contributed by atoms with van der Waals surface area (Å²) in [7, 11) is 0. The van der Waals surface area contributed by atoms with Gasteiger partial charge >= 0.3 is 6.09 Å².